The molecule has 5 heteroatoms. The number of nitrogens with one attached hydrogen (secondary N) is 1. The second-order valence-electron chi connectivity index (χ2n) is 6.57. The van der Waals surface area contributed by atoms with Gasteiger partial charge in [0.05, 0.1) is 5.52 Å². The van der Waals surface area contributed by atoms with E-state index in [9.17, 15) is 0 Å². The fourth-order valence-corrected chi connectivity index (χ4v) is 4.32. The first-order valence-corrected chi connectivity index (χ1v) is 9.30. The van der Waals surface area contributed by atoms with Crippen LogP contribution < -0.4 is 5.32 Å². The van der Waals surface area contributed by atoms with Gasteiger partial charge in [0.2, 0.25) is 0 Å². The molecule has 3 heterocycles. The highest BCUT2D eigenvalue weighted by atomic mass is 79.9. The van der Waals surface area contributed by atoms with Crippen molar-refractivity contribution in [2.45, 2.75) is 19.0 Å². The van der Waals surface area contributed by atoms with Crippen LogP contribution in [0.25, 0.3) is 10.9 Å². The summed E-state index contributed by atoms with van der Waals surface area (Å²) < 4.78 is 1.13. The van der Waals surface area contributed by atoms with Gasteiger partial charge in [0.25, 0.3) is 0 Å². The van der Waals surface area contributed by atoms with E-state index in [-0.39, 0.29) is 0 Å². The van der Waals surface area contributed by atoms with Crippen LogP contribution in [0.5, 0.6) is 0 Å². The minimum absolute atomic E-state index is 0.728. The third-order valence-corrected chi connectivity index (χ3v) is 5.80. The summed E-state index contributed by atoms with van der Waals surface area (Å²) in [7, 11) is 0. The average molecular weight is 375 g/mol. The van der Waals surface area contributed by atoms with Crippen LogP contribution >= 0.6 is 15.9 Å². The van der Waals surface area contributed by atoms with Crippen molar-refractivity contribution >= 4 is 26.8 Å². The molecule has 2 aromatic rings. The van der Waals surface area contributed by atoms with Crippen LogP contribution in [0.3, 0.4) is 0 Å². The summed E-state index contributed by atoms with van der Waals surface area (Å²) >= 11 is 3.64. The highest BCUT2D eigenvalue weighted by Crippen LogP contribution is 2.27. The number of piperazine rings is 1. The number of likely N-dealkylation sites (tertiary alicyclic amines) is 1. The third-order valence-electron chi connectivity index (χ3n) is 5.11. The number of nitrogens with zero attached hydrogens (tertiary/aromatic N) is 3. The largest absolute Gasteiger partial charge is 0.314 e. The standard InChI is InChI=1S/C18H23BrN4/c19-17-4-3-14(18-16(17)2-1-6-21-18)12-22-9-5-15(13-22)23-10-7-20-8-11-23/h1-4,6,15,20H,5,7-13H2. The monoisotopic (exact) mass is 374 g/mol. The number of pyridine rings is 1. The molecular weight excluding hydrogens is 352 g/mol. The zero-order valence-corrected chi connectivity index (χ0v) is 14.9. The number of halogens is 1. The zero-order valence-electron chi connectivity index (χ0n) is 13.3. The van der Waals surface area contributed by atoms with E-state index in [2.05, 4.69) is 54.2 Å². The molecule has 2 aliphatic rings. The molecule has 0 bridgehead atoms. The van der Waals surface area contributed by atoms with Crippen LogP contribution in [0.1, 0.15) is 12.0 Å². The van der Waals surface area contributed by atoms with Gasteiger partial charge in [-0.3, -0.25) is 14.8 Å². The van der Waals surface area contributed by atoms with Crippen molar-refractivity contribution in [1.29, 1.82) is 0 Å². The number of hydrogen-bond donors (Lipinski definition) is 1. The lowest BCUT2D eigenvalue weighted by Gasteiger charge is -2.32. The van der Waals surface area contributed by atoms with Gasteiger partial charge in [-0.1, -0.05) is 28.1 Å². The molecule has 2 saturated heterocycles. The van der Waals surface area contributed by atoms with E-state index in [0.29, 0.717) is 0 Å². The quantitative estimate of drug-likeness (QED) is 0.893. The summed E-state index contributed by atoms with van der Waals surface area (Å²) in [5, 5.41) is 4.66. The highest BCUT2D eigenvalue weighted by Gasteiger charge is 2.28. The fourth-order valence-electron chi connectivity index (χ4n) is 3.87. The molecule has 2 fully saturated rings. The molecule has 0 aliphatic carbocycles. The summed E-state index contributed by atoms with van der Waals surface area (Å²) in [4.78, 5) is 9.87. The topological polar surface area (TPSA) is 31.4 Å². The molecule has 4 rings (SSSR count). The summed E-state index contributed by atoms with van der Waals surface area (Å²) in [6.45, 7) is 8.05. The Morgan fingerprint density at radius 1 is 1.17 bits per heavy atom. The smallest absolute Gasteiger partial charge is 0.0758 e. The molecule has 1 aromatic carbocycles. The minimum atomic E-state index is 0.728. The lowest BCUT2D eigenvalue weighted by Crippen LogP contribution is -2.49. The molecule has 0 saturated carbocycles. The minimum Gasteiger partial charge on any atom is -0.314 e. The molecule has 0 amide bonds. The van der Waals surface area contributed by atoms with Crippen molar-refractivity contribution in [3.05, 3.63) is 40.5 Å². The molecule has 1 aromatic heterocycles. The van der Waals surface area contributed by atoms with Gasteiger partial charge < -0.3 is 5.32 Å². The Balaban J connectivity index is 1.48. The van der Waals surface area contributed by atoms with Crippen LogP contribution in [0.4, 0.5) is 0 Å². The Morgan fingerprint density at radius 3 is 2.91 bits per heavy atom. The first kappa shape index (κ1) is 15.5. The maximum absolute atomic E-state index is 4.62. The molecule has 4 nitrogen and oxygen atoms in total. The van der Waals surface area contributed by atoms with Crippen molar-refractivity contribution in [3.8, 4) is 0 Å². The van der Waals surface area contributed by atoms with E-state index < -0.39 is 0 Å². The van der Waals surface area contributed by atoms with Crippen molar-refractivity contribution in [2.24, 2.45) is 0 Å². The molecular formula is C18H23BrN4. The van der Waals surface area contributed by atoms with E-state index in [1.54, 1.807) is 0 Å². The maximum Gasteiger partial charge on any atom is 0.0758 e. The Hall–Kier alpha value is -1.01. The Kier molecular flexibility index (Phi) is 4.62. The number of fused-ring (bicyclic) bond motifs is 1. The lowest BCUT2D eigenvalue weighted by atomic mass is 10.1. The Morgan fingerprint density at radius 2 is 2.04 bits per heavy atom. The number of aromatic nitrogens is 1. The number of hydrogen-bond acceptors (Lipinski definition) is 4. The van der Waals surface area contributed by atoms with E-state index in [0.717, 1.165) is 35.7 Å². The first-order valence-electron chi connectivity index (χ1n) is 8.50. The number of rotatable bonds is 3. The van der Waals surface area contributed by atoms with Gasteiger partial charge in [0, 0.05) is 67.9 Å². The summed E-state index contributed by atoms with van der Waals surface area (Å²) in [6, 6.07) is 9.25. The molecule has 0 radical (unpaired) electrons. The van der Waals surface area contributed by atoms with Gasteiger partial charge in [0.1, 0.15) is 0 Å². The van der Waals surface area contributed by atoms with E-state index in [1.807, 2.05) is 12.3 Å². The Labute approximate surface area is 146 Å². The van der Waals surface area contributed by atoms with Gasteiger partial charge in [-0.2, -0.15) is 0 Å². The van der Waals surface area contributed by atoms with Crippen LogP contribution in [0.15, 0.2) is 34.9 Å². The summed E-state index contributed by atoms with van der Waals surface area (Å²) in [5.74, 6) is 0. The van der Waals surface area contributed by atoms with Gasteiger partial charge >= 0.3 is 0 Å². The molecule has 122 valence electrons. The van der Waals surface area contributed by atoms with Crippen molar-refractivity contribution < 1.29 is 0 Å². The fraction of sp³-hybridized carbons (Fsp3) is 0.500. The van der Waals surface area contributed by atoms with Gasteiger partial charge in [-0.05, 0) is 24.1 Å². The maximum atomic E-state index is 4.62. The normalized spacial score (nSPS) is 23.6. The second kappa shape index (κ2) is 6.85. The molecule has 1 unspecified atom stereocenters. The third kappa shape index (κ3) is 3.29. The second-order valence-corrected chi connectivity index (χ2v) is 7.42. The molecule has 2 aliphatic heterocycles. The molecule has 1 atom stereocenters. The van der Waals surface area contributed by atoms with Crippen LogP contribution in [0.2, 0.25) is 0 Å². The van der Waals surface area contributed by atoms with Crippen LogP contribution in [-0.2, 0) is 6.54 Å². The van der Waals surface area contributed by atoms with Crippen molar-refractivity contribution in [1.82, 2.24) is 20.1 Å². The van der Waals surface area contributed by atoms with Gasteiger partial charge in [-0.15, -0.1) is 0 Å². The van der Waals surface area contributed by atoms with E-state index in [4.69, 9.17) is 0 Å². The predicted octanol–water partition coefficient (Wildman–Crippen LogP) is 2.48. The van der Waals surface area contributed by atoms with Crippen LogP contribution in [0, 0.1) is 0 Å². The highest BCUT2D eigenvalue weighted by molar-refractivity contribution is 9.10. The van der Waals surface area contributed by atoms with Crippen LogP contribution in [-0.4, -0.2) is 60.1 Å². The predicted molar refractivity (Wildman–Crippen MR) is 97.6 cm³/mol. The Bertz CT molecular complexity index is 684. The average Bonchev–Trinajstić information content (AvgIpc) is 3.07. The zero-order chi connectivity index (χ0) is 15.6. The SMILES string of the molecule is Brc1ccc(CN2CCC(N3CCNCC3)C2)c2ncccc12. The lowest BCUT2D eigenvalue weighted by molar-refractivity contribution is 0.170. The molecule has 23 heavy (non-hydrogen) atoms. The summed E-state index contributed by atoms with van der Waals surface area (Å²) in [6.07, 6.45) is 3.19. The number of benzene rings is 1. The van der Waals surface area contributed by atoms with Gasteiger partial charge in [-0.25, -0.2) is 0 Å². The van der Waals surface area contributed by atoms with Crippen molar-refractivity contribution in [2.75, 3.05) is 39.3 Å². The van der Waals surface area contributed by atoms with Gasteiger partial charge in [0.15, 0.2) is 0 Å². The van der Waals surface area contributed by atoms with Crippen molar-refractivity contribution in [3.63, 3.8) is 0 Å². The molecule has 1 N–H and O–H groups in total. The molecule has 0 spiro atoms. The van der Waals surface area contributed by atoms with E-state index >= 15 is 0 Å². The summed E-state index contributed by atoms with van der Waals surface area (Å²) in [5.41, 5.74) is 2.47. The first-order chi connectivity index (χ1) is 11.3. The van der Waals surface area contributed by atoms with E-state index in [1.165, 1.54) is 43.5 Å².